The van der Waals surface area contributed by atoms with E-state index in [0.717, 1.165) is 6.26 Å². The van der Waals surface area contributed by atoms with Crippen molar-refractivity contribution in [2.24, 2.45) is 5.41 Å². The van der Waals surface area contributed by atoms with E-state index in [2.05, 4.69) is 5.32 Å². The van der Waals surface area contributed by atoms with Gasteiger partial charge in [0, 0.05) is 0 Å². The van der Waals surface area contributed by atoms with Crippen molar-refractivity contribution in [2.75, 3.05) is 6.26 Å². The van der Waals surface area contributed by atoms with Crippen molar-refractivity contribution in [3.05, 3.63) is 0 Å². The van der Waals surface area contributed by atoms with Crippen LogP contribution < -0.4 is 10.0 Å². The number of amides is 2. The number of carbonyl (C=O) groups is 2. The van der Waals surface area contributed by atoms with Crippen LogP contribution in [0, 0.1) is 5.41 Å². The number of nitrogens with one attached hydrogen (secondary N) is 2. The van der Waals surface area contributed by atoms with Gasteiger partial charge in [0.25, 0.3) is 5.91 Å². The molecular formula is C13H26N2O5S. The summed E-state index contributed by atoms with van der Waals surface area (Å²) in [7, 11) is -3.69. The molecule has 0 fully saturated rings. The van der Waals surface area contributed by atoms with E-state index in [1.54, 1.807) is 20.8 Å². The maximum Gasteiger partial charge on any atom is 0.408 e. The molecule has 0 aliphatic heterocycles. The van der Waals surface area contributed by atoms with E-state index >= 15 is 0 Å². The van der Waals surface area contributed by atoms with Gasteiger partial charge >= 0.3 is 6.09 Å². The average Bonchev–Trinajstić information content (AvgIpc) is 2.07. The Morgan fingerprint density at radius 3 is 1.90 bits per heavy atom. The average molecular weight is 322 g/mol. The van der Waals surface area contributed by atoms with Gasteiger partial charge in [0.1, 0.15) is 11.6 Å². The van der Waals surface area contributed by atoms with E-state index in [9.17, 15) is 18.0 Å². The van der Waals surface area contributed by atoms with Gasteiger partial charge in [-0.15, -0.1) is 0 Å². The number of sulfonamides is 1. The Morgan fingerprint density at radius 1 is 1.10 bits per heavy atom. The van der Waals surface area contributed by atoms with E-state index in [4.69, 9.17) is 4.74 Å². The molecule has 0 aromatic heterocycles. The Morgan fingerprint density at radius 2 is 1.57 bits per heavy atom. The van der Waals surface area contributed by atoms with Gasteiger partial charge < -0.3 is 10.1 Å². The van der Waals surface area contributed by atoms with E-state index < -0.39 is 33.7 Å². The van der Waals surface area contributed by atoms with Crippen LogP contribution in [0.4, 0.5) is 4.79 Å². The number of hydrogen-bond donors (Lipinski definition) is 2. The molecule has 0 rings (SSSR count). The van der Waals surface area contributed by atoms with Crippen LogP contribution in [-0.2, 0) is 19.6 Å². The minimum absolute atomic E-state index is 0.271. The molecule has 7 nitrogen and oxygen atoms in total. The minimum atomic E-state index is -3.69. The highest BCUT2D eigenvalue weighted by molar-refractivity contribution is 7.89. The van der Waals surface area contributed by atoms with E-state index in [1.807, 2.05) is 25.5 Å². The van der Waals surface area contributed by atoms with Gasteiger partial charge in [-0.2, -0.15) is 0 Å². The minimum Gasteiger partial charge on any atom is -0.444 e. The molecule has 8 heteroatoms. The Kier molecular flexibility index (Phi) is 6.22. The molecule has 0 spiro atoms. The molecule has 21 heavy (non-hydrogen) atoms. The van der Waals surface area contributed by atoms with Crippen molar-refractivity contribution < 1.29 is 22.7 Å². The van der Waals surface area contributed by atoms with Crippen molar-refractivity contribution in [1.82, 2.24) is 10.0 Å². The lowest BCUT2D eigenvalue weighted by Crippen LogP contribution is -2.50. The second kappa shape index (κ2) is 6.64. The zero-order chi connectivity index (χ0) is 17.1. The van der Waals surface area contributed by atoms with Gasteiger partial charge in [0.2, 0.25) is 10.0 Å². The third-order valence-corrected chi connectivity index (χ3v) is 2.68. The second-order valence-electron chi connectivity index (χ2n) is 7.20. The first-order chi connectivity index (χ1) is 9.09. The predicted molar refractivity (Wildman–Crippen MR) is 80.2 cm³/mol. The molecule has 0 heterocycles. The smallest absolute Gasteiger partial charge is 0.408 e. The molecule has 0 saturated heterocycles. The lowest BCUT2D eigenvalue weighted by molar-refractivity contribution is -0.122. The Labute approximate surface area is 126 Å². The summed E-state index contributed by atoms with van der Waals surface area (Å²) in [6.07, 6.45) is 0.389. The fraction of sp³-hybridized carbons (Fsp3) is 0.846. The van der Waals surface area contributed by atoms with Gasteiger partial charge in [0.05, 0.1) is 6.26 Å². The summed E-state index contributed by atoms with van der Waals surface area (Å²) in [6.45, 7) is 10.7. The highest BCUT2D eigenvalue weighted by atomic mass is 32.2. The van der Waals surface area contributed by atoms with Crippen LogP contribution in [0.15, 0.2) is 0 Å². The van der Waals surface area contributed by atoms with E-state index in [1.165, 1.54) is 0 Å². The van der Waals surface area contributed by atoms with Crippen molar-refractivity contribution in [3.8, 4) is 0 Å². The Bertz CT molecular complexity index is 486. The number of hydrogen-bond acceptors (Lipinski definition) is 5. The normalized spacial score (nSPS) is 14.2. The van der Waals surface area contributed by atoms with Crippen LogP contribution in [0.3, 0.4) is 0 Å². The SMILES string of the molecule is CC(C)(C)C[C@H](NC(=O)OC(C)(C)C)C(=O)NS(C)(=O)=O. The molecule has 1 atom stereocenters. The first kappa shape index (κ1) is 19.7. The van der Waals surface area contributed by atoms with Crippen LogP contribution >= 0.6 is 0 Å². The van der Waals surface area contributed by atoms with Crippen LogP contribution in [0.2, 0.25) is 0 Å². The standard InChI is InChI=1S/C13H26N2O5S/c1-12(2,3)8-9(10(16)15-21(7,18)19)14-11(17)20-13(4,5)6/h9H,8H2,1-7H3,(H,14,17)(H,15,16)/t9-/m0/s1. The van der Waals surface area contributed by atoms with Gasteiger partial charge in [0.15, 0.2) is 0 Å². The predicted octanol–water partition coefficient (Wildman–Crippen LogP) is 1.39. The first-order valence-electron chi connectivity index (χ1n) is 6.60. The zero-order valence-electron chi connectivity index (χ0n) is 13.7. The van der Waals surface area contributed by atoms with E-state index in [0.29, 0.717) is 0 Å². The van der Waals surface area contributed by atoms with Crippen molar-refractivity contribution in [3.63, 3.8) is 0 Å². The van der Waals surface area contributed by atoms with Crippen molar-refractivity contribution in [2.45, 2.75) is 59.6 Å². The number of rotatable bonds is 4. The molecule has 124 valence electrons. The van der Waals surface area contributed by atoms with Crippen LogP contribution in [0.25, 0.3) is 0 Å². The summed E-state index contributed by atoms with van der Waals surface area (Å²) in [5.41, 5.74) is -0.988. The lowest BCUT2D eigenvalue weighted by Gasteiger charge is -2.27. The number of alkyl carbamates (subject to hydrolysis) is 1. The summed E-state index contributed by atoms with van der Waals surface area (Å²) < 4.78 is 29.3. The molecule has 0 unspecified atom stereocenters. The number of ether oxygens (including phenoxy) is 1. The molecule has 0 aromatic rings. The summed E-state index contributed by atoms with van der Waals surface area (Å²) >= 11 is 0. The summed E-state index contributed by atoms with van der Waals surface area (Å²) in [6, 6.07) is -0.991. The van der Waals surface area contributed by atoms with Gasteiger partial charge in [-0.3, -0.25) is 9.52 Å². The summed E-state index contributed by atoms with van der Waals surface area (Å²) in [4.78, 5) is 23.7. The summed E-state index contributed by atoms with van der Waals surface area (Å²) in [5.74, 6) is -0.779. The largest absolute Gasteiger partial charge is 0.444 e. The molecule has 0 aliphatic carbocycles. The lowest BCUT2D eigenvalue weighted by atomic mass is 9.88. The van der Waals surface area contributed by atoms with E-state index in [-0.39, 0.29) is 11.8 Å². The maximum absolute atomic E-state index is 12.0. The molecule has 2 N–H and O–H groups in total. The highest BCUT2D eigenvalue weighted by Gasteiger charge is 2.29. The van der Waals surface area contributed by atoms with Crippen LogP contribution in [0.1, 0.15) is 48.0 Å². The van der Waals surface area contributed by atoms with Crippen molar-refractivity contribution in [1.29, 1.82) is 0 Å². The van der Waals surface area contributed by atoms with Gasteiger partial charge in [-0.1, -0.05) is 20.8 Å². The van der Waals surface area contributed by atoms with Gasteiger partial charge in [-0.05, 0) is 32.6 Å². The molecule has 2 amide bonds. The second-order valence-corrected chi connectivity index (χ2v) is 8.95. The third kappa shape index (κ3) is 11.1. The molecule has 0 radical (unpaired) electrons. The van der Waals surface area contributed by atoms with Gasteiger partial charge in [-0.25, -0.2) is 13.2 Å². The molecule has 0 bridgehead atoms. The van der Waals surface area contributed by atoms with Crippen LogP contribution in [-0.4, -0.2) is 38.3 Å². The fourth-order valence-electron chi connectivity index (χ4n) is 1.53. The van der Waals surface area contributed by atoms with Crippen LogP contribution in [0.5, 0.6) is 0 Å². The zero-order valence-corrected chi connectivity index (χ0v) is 14.6. The fourth-order valence-corrected chi connectivity index (χ4v) is 2.03. The third-order valence-electron chi connectivity index (χ3n) is 2.11. The molecule has 0 saturated carbocycles. The maximum atomic E-state index is 12.0. The Hall–Kier alpha value is -1.31. The quantitative estimate of drug-likeness (QED) is 0.814. The summed E-state index contributed by atoms with van der Waals surface area (Å²) in [5, 5.41) is 2.41. The molecular weight excluding hydrogens is 296 g/mol. The topological polar surface area (TPSA) is 102 Å². The Balaban J connectivity index is 4.99. The number of carbonyl (C=O) groups excluding carboxylic acids is 2. The highest BCUT2D eigenvalue weighted by Crippen LogP contribution is 2.21. The van der Waals surface area contributed by atoms with Crippen molar-refractivity contribution >= 4 is 22.0 Å². The first-order valence-corrected chi connectivity index (χ1v) is 8.49. The molecule has 0 aromatic carbocycles. The monoisotopic (exact) mass is 322 g/mol. The molecule has 0 aliphatic rings.